The normalized spacial score (nSPS) is 13.5. The first kappa shape index (κ1) is 13.2. The molecule has 0 fully saturated rings. The first-order valence-electron chi connectivity index (χ1n) is 5.96. The van der Waals surface area contributed by atoms with E-state index in [9.17, 15) is 4.39 Å². The molecule has 90 valence electrons. The van der Waals surface area contributed by atoms with Crippen LogP contribution in [0.1, 0.15) is 57.2 Å². The lowest BCUT2D eigenvalue weighted by molar-refractivity contribution is 0.488. The van der Waals surface area contributed by atoms with Crippen molar-refractivity contribution >= 4 is 0 Å². The van der Waals surface area contributed by atoms with Gasteiger partial charge in [-0.1, -0.05) is 39.8 Å². The molecule has 0 aliphatic carbocycles. The highest BCUT2D eigenvalue weighted by atomic mass is 19.1. The third-order valence-electron chi connectivity index (χ3n) is 2.81. The zero-order chi connectivity index (χ0) is 12.3. The summed E-state index contributed by atoms with van der Waals surface area (Å²) in [7, 11) is 0. The highest BCUT2D eigenvalue weighted by molar-refractivity contribution is 5.29. The van der Waals surface area contributed by atoms with Crippen molar-refractivity contribution < 1.29 is 4.39 Å². The van der Waals surface area contributed by atoms with Gasteiger partial charge in [-0.3, -0.25) is 0 Å². The summed E-state index contributed by atoms with van der Waals surface area (Å²) >= 11 is 0. The number of halogens is 1. The molecule has 1 unspecified atom stereocenters. The molecule has 0 bridgehead atoms. The summed E-state index contributed by atoms with van der Waals surface area (Å²) in [5.74, 6) is 0.709. The molecule has 0 aromatic heterocycles. The zero-order valence-electron chi connectivity index (χ0n) is 10.6. The topological polar surface area (TPSA) is 26.0 Å². The van der Waals surface area contributed by atoms with Gasteiger partial charge in [0.1, 0.15) is 5.82 Å². The Morgan fingerprint density at radius 3 is 2.31 bits per heavy atom. The SMILES string of the molecule is CC(C)CC(N)c1cc(C(C)C)ccc1F. The van der Waals surface area contributed by atoms with Gasteiger partial charge in [-0.15, -0.1) is 0 Å². The molecule has 0 heterocycles. The van der Waals surface area contributed by atoms with E-state index in [0.717, 1.165) is 12.0 Å². The van der Waals surface area contributed by atoms with Crippen molar-refractivity contribution in [3.63, 3.8) is 0 Å². The fourth-order valence-electron chi connectivity index (χ4n) is 1.84. The Kier molecular flexibility index (Phi) is 4.48. The molecule has 16 heavy (non-hydrogen) atoms. The van der Waals surface area contributed by atoms with E-state index >= 15 is 0 Å². The van der Waals surface area contributed by atoms with Crippen LogP contribution in [0.3, 0.4) is 0 Å². The van der Waals surface area contributed by atoms with E-state index in [2.05, 4.69) is 27.7 Å². The highest BCUT2D eigenvalue weighted by Gasteiger charge is 2.14. The van der Waals surface area contributed by atoms with Crippen LogP contribution in [0.15, 0.2) is 18.2 Å². The van der Waals surface area contributed by atoms with Crippen molar-refractivity contribution in [2.24, 2.45) is 11.7 Å². The summed E-state index contributed by atoms with van der Waals surface area (Å²) in [6.45, 7) is 8.41. The Labute approximate surface area is 97.9 Å². The molecular weight excluding hydrogens is 201 g/mol. The standard InChI is InChI=1S/C14H22FN/c1-9(2)7-14(16)12-8-11(10(3)4)5-6-13(12)15/h5-6,8-10,14H,7,16H2,1-4H3. The summed E-state index contributed by atoms with van der Waals surface area (Å²) in [4.78, 5) is 0. The van der Waals surface area contributed by atoms with Crippen LogP contribution in [0.5, 0.6) is 0 Å². The van der Waals surface area contributed by atoms with Crippen LogP contribution >= 0.6 is 0 Å². The molecule has 2 N–H and O–H groups in total. The van der Waals surface area contributed by atoms with E-state index in [4.69, 9.17) is 5.73 Å². The van der Waals surface area contributed by atoms with Gasteiger partial charge in [-0.05, 0) is 29.9 Å². The van der Waals surface area contributed by atoms with E-state index in [-0.39, 0.29) is 11.9 Å². The lowest BCUT2D eigenvalue weighted by Crippen LogP contribution is -2.15. The number of nitrogens with two attached hydrogens (primary N) is 1. The molecule has 1 nitrogen and oxygen atoms in total. The van der Waals surface area contributed by atoms with E-state index < -0.39 is 0 Å². The van der Waals surface area contributed by atoms with Gasteiger partial charge < -0.3 is 5.73 Å². The Morgan fingerprint density at radius 1 is 1.19 bits per heavy atom. The summed E-state index contributed by atoms with van der Waals surface area (Å²) in [6.07, 6.45) is 0.818. The van der Waals surface area contributed by atoms with Gasteiger partial charge in [0.15, 0.2) is 0 Å². The lowest BCUT2D eigenvalue weighted by Gasteiger charge is -2.17. The maximum Gasteiger partial charge on any atom is 0.127 e. The van der Waals surface area contributed by atoms with Crippen LogP contribution in [-0.2, 0) is 0 Å². The molecular formula is C14H22FN. The smallest absolute Gasteiger partial charge is 0.127 e. The minimum atomic E-state index is -0.196. The molecule has 1 atom stereocenters. The quantitative estimate of drug-likeness (QED) is 0.820. The summed E-state index contributed by atoms with van der Waals surface area (Å²) in [5, 5.41) is 0. The van der Waals surface area contributed by atoms with Crippen LogP contribution in [0, 0.1) is 11.7 Å². The summed E-state index contributed by atoms with van der Waals surface area (Å²) in [5.41, 5.74) is 7.83. The molecule has 1 aromatic carbocycles. The molecule has 0 radical (unpaired) electrons. The van der Waals surface area contributed by atoms with Crippen molar-refractivity contribution in [3.05, 3.63) is 35.1 Å². The molecule has 0 aliphatic rings. The fourth-order valence-corrected chi connectivity index (χ4v) is 1.84. The van der Waals surface area contributed by atoms with Crippen LogP contribution in [0.4, 0.5) is 4.39 Å². The second-order valence-corrected chi connectivity index (χ2v) is 5.17. The first-order valence-corrected chi connectivity index (χ1v) is 5.96. The monoisotopic (exact) mass is 223 g/mol. The molecule has 1 rings (SSSR count). The van der Waals surface area contributed by atoms with E-state index in [1.165, 1.54) is 6.07 Å². The summed E-state index contributed by atoms with van der Waals surface area (Å²) in [6, 6.07) is 5.09. The Morgan fingerprint density at radius 2 is 1.81 bits per heavy atom. The van der Waals surface area contributed by atoms with Crippen LogP contribution in [-0.4, -0.2) is 0 Å². The highest BCUT2D eigenvalue weighted by Crippen LogP contribution is 2.25. The van der Waals surface area contributed by atoms with Gasteiger partial charge in [-0.2, -0.15) is 0 Å². The Balaban J connectivity index is 2.97. The second-order valence-electron chi connectivity index (χ2n) is 5.17. The van der Waals surface area contributed by atoms with Crippen molar-refractivity contribution in [2.75, 3.05) is 0 Å². The maximum absolute atomic E-state index is 13.7. The van der Waals surface area contributed by atoms with Crippen LogP contribution in [0.2, 0.25) is 0 Å². The average Bonchev–Trinajstić information content (AvgIpc) is 2.16. The largest absolute Gasteiger partial charge is 0.324 e. The van der Waals surface area contributed by atoms with Crippen molar-refractivity contribution in [2.45, 2.75) is 46.1 Å². The van der Waals surface area contributed by atoms with Gasteiger partial charge in [0.05, 0.1) is 0 Å². The van der Waals surface area contributed by atoms with Crippen LogP contribution in [0.25, 0.3) is 0 Å². The van der Waals surface area contributed by atoms with Gasteiger partial charge in [-0.25, -0.2) is 4.39 Å². The molecule has 0 aliphatic heterocycles. The average molecular weight is 223 g/mol. The minimum absolute atomic E-state index is 0.183. The molecule has 2 heteroatoms. The second kappa shape index (κ2) is 5.44. The predicted molar refractivity (Wildman–Crippen MR) is 66.9 cm³/mol. The van der Waals surface area contributed by atoms with Crippen molar-refractivity contribution in [1.82, 2.24) is 0 Å². The number of benzene rings is 1. The number of hydrogen-bond acceptors (Lipinski definition) is 1. The Hall–Kier alpha value is -0.890. The maximum atomic E-state index is 13.7. The van der Waals surface area contributed by atoms with Crippen LogP contribution < -0.4 is 5.73 Å². The molecule has 0 amide bonds. The molecule has 0 spiro atoms. The Bertz CT molecular complexity index is 345. The number of rotatable bonds is 4. The minimum Gasteiger partial charge on any atom is -0.324 e. The van der Waals surface area contributed by atoms with Crippen molar-refractivity contribution in [3.8, 4) is 0 Å². The number of hydrogen-bond donors (Lipinski definition) is 1. The van der Waals surface area contributed by atoms with Gasteiger partial charge in [0.25, 0.3) is 0 Å². The zero-order valence-corrected chi connectivity index (χ0v) is 10.6. The lowest BCUT2D eigenvalue weighted by atomic mass is 9.93. The molecule has 1 aromatic rings. The molecule has 0 saturated carbocycles. The van der Waals surface area contributed by atoms with Gasteiger partial charge in [0.2, 0.25) is 0 Å². The van der Waals surface area contributed by atoms with E-state index in [1.54, 1.807) is 0 Å². The van der Waals surface area contributed by atoms with E-state index in [0.29, 0.717) is 17.4 Å². The van der Waals surface area contributed by atoms with Gasteiger partial charge >= 0.3 is 0 Å². The fraction of sp³-hybridized carbons (Fsp3) is 0.571. The predicted octanol–water partition coefficient (Wildman–Crippen LogP) is 4.00. The van der Waals surface area contributed by atoms with Gasteiger partial charge in [0, 0.05) is 11.6 Å². The first-order chi connectivity index (χ1) is 7.41. The van der Waals surface area contributed by atoms with E-state index in [1.807, 2.05) is 12.1 Å². The molecule has 0 saturated heterocycles. The third kappa shape index (κ3) is 3.31. The third-order valence-corrected chi connectivity index (χ3v) is 2.81. The van der Waals surface area contributed by atoms with Crippen molar-refractivity contribution in [1.29, 1.82) is 0 Å². The summed E-state index contributed by atoms with van der Waals surface area (Å²) < 4.78 is 13.7.